The second-order valence-corrected chi connectivity index (χ2v) is 7.34. The van der Waals surface area contributed by atoms with Crippen molar-refractivity contribution in [3.8, 4) is 0 Å². The van der Waals surface area contributed by atoms with E-state index in [1.807, 2.05) is 12.1 Å². The number of nitrogens with one attached hydrogen (secondary N) is 1. The zero-order valence-electron chi connectivity index (χ0n) is 15.4. The number of hydrogen-bond donors (Lipinski definition) is 1. The van der Waals surface area contributed by atoms with E-state index in [0.29, 0.717) is 27.6 Å². The van der Waals surface area contributed by atoms with Crippen molar-refractivity contribution in [3.63, 3.8) is 0 Å². The molecule has 1 N–H and O–H groups in total. The molecule has 0 saturated carbocycles. The highest BCUT2D eigenvalue weighted by Gasteiger charge is 2.26. The Kier molecular flexibility index (Phi) is 6.04. The largest absolute Gasteiger partial charge is 0.322 e. The van der Waals surface area contributed by atoms with Gasteiger partial charge < -0.3 is 5.32 Å². The van der Waals surface area contributed by atoms with Gasteiger partial charge >= 0.3 is 0 Å². The fraction of sp³-hybridized carbons (Fsp3) is 0.190. The van der Waals surface area contributed by atoms with Crippen LogP contribution in [0.15, 0.2) is 66.1 Å². The molecule has 1 amide bonds. The summed E-state index contributed by atoms with van der Waals surface area (Å²) in [6.07, 6.45) is 5.04. The number of aryl methyl sites for hydroxylation is 1. The molecule has 4 nitrogen and oxygen atoms in total. The van der Waals surface area contributed by atoms with Gasteiger partial charge in [0.1, 0.15) is 5.03 Å². The number of anilines is 1. The topological polar surface area (TPSA) is 54.9 Å². The van der Waals surface area contributed by atoms with Gasteiger partial charge in [-0.1, -0.05) is 6.07 Å². The van der Waals surface area contributed by atoms with Crippen LogP contribution in [0.5, 0.6) is 0 Å². The van der Waals surface area contributed by atoms with E-state index in [-0.39, 0.29) is 11.5 Å². The SMILES string of the molecule is Cc1ccc(NC(=O)c2cccnc2SCc2ccncc2)cc1C(C)(F)F. The number of hydrogen-bond acceptors (Lipinski definition) is 4. The second-order valence-electron chi connectivity index (χ2n) is 6.37. The quantitative estimate of drug-likeness (QED) is 0.561. The summed E-state index contributed by atoms with van der Waals surface area (Å²) in [5.74, 6) is -2.74. The van der Waals surface area contributed by atoms with Crippen LogP contribution in [0.4, 0.5) is 14.5 Å². The lowest BCUT2D eigenvalue weighted by molar-refractivity contribution is 0.0168. The number of amides is 1. The van der Waals surface area contributed by atoms with Crippen molar-refractivity contribution >= 4 is 23.4 Å². The highest BCUT2D eigenvalue weighted by atomic mass is 32.2. The molecule has 0 radical (unpaired) electrons. The molecule has 0 spiro atoms. The van der Waals surface area contributed by atoms with Gasteiger partial charge in [-0.3, -0.25) is 9.78 Å². The number of thioether (sulfide) groups is 1. The second kappa shape index (κ2) is 8.48. The van der Waals surface area contributed by atoms with Crippen molar-refractivity contribution in [1.82, 2.24) is 9.97 Å². The first kappa shape index (κ1) is 19.9. The minimum absolute atomic E-state index is 0.108. The maximum Gasteiger partial charge on any atom is 0.270 e. The number of carbonyl (C=O) groups excluding carboxylic acids is 1. The average Bonchev–Trinajstić information content (AvgIpc) is 2.68. The maximum atomic E-state index is 13.8. The van der Waals surface area contributed by atoms with Crippen LogP contribution in [-0.4, -0.2) is 15.9 Å². The van der Waals surface area contributed by atoms with Crippen molar-refractivity contribution < 1.29 is 13.6 Å². The highest BCUT2D eigenvalue weighted by molar-refractivity contribution is 7.98. The molecule has 0 saturated heterocycles. The summed E-state index contributed by atoms with van der Waals surface area (Å²) in [6.45, 7) is 2.46. The van der Waals surface area contributed by atoms with Crippen LogP contribution < -0.4 is 5.32 Å². The van der Waals surface area contributed by atoms with Gasteiger partial charge in [0, 0.05) is 42.5 Å². The van der Waals surface area contributed by atoms with Crippen LogP contribution in [0.3, 0.4) is 0 Å². The number of nitrogens with zero attached hydrogens (tertiary/aromatic N) is 2. The molecule has 7 heteroatoms. The zero-order valence-corrected chi connectivity index (χ0v) is 16.3. The summed E-state index contributed by atoms with van der Waals surface area (Å²) in [4.78, 5) is 21.0. The number of pyridine rings is 2. The minimum atomic E-state index is -2.98. The molecule has 1 aromatic carbocycles. The highest BCUT2D eigenvalue weighted by Crippen LogP contribution is 2.32. The Morgan fingerprint density at radius 3 is 2.61 bits per heavy atom. The van der Waals surface area contributed by atoms with Crippen LogP contribution in [0.1, 0.15) is 34.0 Å². The Morgan fingerprint density at radius 2 is 1.89 bits per heavy atom. The Hall–Kier alpha value is -2.80. The number of alkyl halides is 2. The smallest absolute Gasteiger partial charge is 0.270 e. The molecule has 0 fully saturated rings. The van der Waals surface area contributed by atoms with Gasteiger partial charge in [-0.2, -0.15) is 0 Å². The molecule has 0 aliphatic rings. The third-order valence-corrected chi connectivity index (χ3v) is 5.19. The van der Waals surface area contributed by atoms with Crippen LogP contribution in [0.25, 0.3) is 0 Å². The first-order valence-corrected chi connectivity index (χ1v) is 9.60. The van der Waals surface area contributed by atoms with Crippen LogP contribution in [0, 0.1) is 6.92 Å². The van der Waals surface area contributed by atoms with Gasteiger partial charge in [-0.25, -0.2) is 13.8 Å². The Balaban J connectivity index is 1.78. The fourth-order valence-corrected chi connectivity index (χ4v) is 3.63. The molecule has 0 atom stereocenters. The molecule has 144 valence electrons. The third kappa shape index (κ3) is 4.92. The van der Waals surface area contributed by atoms with Crippen molar-refractivity contribution in [1.29, 1.82) is 0 Å². The van der Waals surface area contributed by atoms with Crippen LogP contribution >= 0.6 is 11.8 Å². The summed E-state index contributed by atoms with van der Waals surface area (Å²) >= 11 is 1.43. The monoisotopic (exact) mass is 399 g/mol. The van der Waals surface area contributed by atoms with Crippen molar-refractivity contribution in [3.05, 3.63) is 83.3 Å². The normalized spacial score (nSPS) is 11.3. The number of benzene rings is 1. The van der Waals surface area contributed by atoms with E-state index in [2.05, 4.69) is 15.3 Å². The van der Waals surface area contributed by atoms with Crippen molar-refractivity contribution in [2.75, 3.05) is 5.32 Å². The molecule has 0 aliphatic carbocycles. The standard InChI is InChI=1S/C21H19F2N3OS/c1-14-5-6-16(12-18(14)21(2,22)23)26-19(27)17-4-3-9-25-20(17)28-13-15-7-10-24-11-8-15/h3-12H,13H2,1-2H3,(H,26,27). The summed E-state index contributed by atoms with van der Waals surface area (Å²) < 4.78 is 27.5. The van der Waals surface area contributed by atoms with Crippen LogP contribution in [-0.2, 0) is 11.7 Å². The molecule has 3 aromatic rings. The van der Waals surface area contributed by atoms with E-state index in [9.17, 15) is 13.6 Å². The van der Waals surface area contributed by atoms with Gasteiger partial charge in [-0.15, -0.1) is 11.8 Å². The van der Waals surface area contributed by atoms with Gasteiger partial charge in [0.25, 0.3) is 11.8 Å². The molecule has 0 unspecified atom stereocenters. The predicted molar refractivity (Wildman–Crippen MR) is 107 cm³/mol. The molecule has 2 heterocycles. The maximum absolute atomic E-state index is 13.8. The Bertz CT molecular complexity index is 975. The van der Waals surface area contributed by atoms with Gasteiger partial charge in [0.05, 0.1) is 5.56 Å². The van der Waals surface area contributed by atoms with Gasteiger partial charge in [0.15, 0.2) is 0 Å². The first-order valence-electron chi connectivity index (χ1n) is 8.61. The summed E-state index contributed by atoms with van der Waals surface area (Å²) in [7, 11) is 0. The van der Waals surface area contributed by atoms with E-state index in [4.69, 9.17) is 0 Å². The van der Waals surface area contributed by atoms with E-state index in [1.54, 1.807) is 49.8 Å². The lowest BCUT2D eigenvalue weighted by atomic mass is 10.0. The average molecular weight is 399 g/mol. The van der Waals surface area contributed by atoms with E-state index >= 15 is 0 Å². The number of aromatic nitrogens is 2. The number of carbonyl (C=O) groups is 1. The fourth-order valence-electron chi connectivity index (χ4n) is 2.68. The van der Waals surface area contributed by atoms with Gasteiger partial charge in [0.2, 0.25) is 0 Å². The van der Waals surface area contributed by atoms with Crippen molar-refractivity contribution in [2.24, 2.45) is 0 Å². The van der Waals surface area contributed by atoms with E-state index < -0.39 is 5.92 Å². The third-order valence-electron chi connectivity index (χ3n) is 4.11. The van der Waals surface area contributed by atoms with Crippen molar-refractivity contribution in [2.45, 2.75) is 30.5 Å². The van der Waals surface area contributed by atoms with Gasteiger partial charge in [-0.05, 0) is 54.4 Å². The van der Waals surface area contributed by atoms with E-state index in [1.165, 1.54) is 17.8 Å². The first-order chi connectivity index (χ1) is 13.3. The molecular weight excluding hydrogens is 380 g/mol. The number of halogens is 2. The Labute approximate surface area is 166 Å². The van der Waals surface area contributed by atoms with Crippen LogP contribution in [0.2, 0.25) is 0 Å². The summed E-state index contributed by atoms with van der Waals surface area (Å²) in [5, 5.41) is 3.27. The lowest BCUT2D eigenvalue weighted by Crippen LogP contribution is -2.15. The lowest BCUT2D eigenvalue weighted by Gasteiger charge is -2.16. The molecule has 2 aromatic heterocycles. The molecule has 0 aliphatic heterocycles. The Morgan fingerprint density at radius 1 is 1.14 bits per heavy atom. The summed E-state index contributed by atoms with van der Waals surface area (Å²) in [5.41, 5.74) is 2.14. The predicted octanol–water partition coefficient (Wildman–Crippen LogP) is 5.44. The zero-order chi connectivity index (χ0) is 20.1. The molecule has 28 heavy (non-hydrogen) atoms. The molecule has 3 rings (SSSR count). The molecule has 0 bridgehead atoms. The molecular formula is C21H19F2N3OS. The summed E-state index contributed by atoms with van der Waals surface area (Å²) in [6, 6.07) is 11.6. The minimum Gasteiger partial charge on any atom is -0.322 e. The van der Waals surface area contributed by atoms with E-state index in [0.717, 1.165) is 12.5 Å². The number of rotatable bonds is 6.